The normalized spacial score (nSPS) is 10.1. The Labute approximate surface area is 116 Å². The van der Waals surface area contributed by atoms with Crippen LogP contribution in [-0.4, -0.2) is 0 Å². The summed E-state index contributed by atoms with van der Waals surface area (Å²) in [4.78, 5) is 0. The molecule has 0 aliphatic rings. The molecule has 0 heteroatoms. The maximum absolute atomic E-state index is 3.84. The minimum absolute atomic E-state index is 1.06. The maximum Gasteiger partial charge on any atom is 0.00886 e. The Balaban J connectivity index is 3.02. The zero-order valence-electron chi connectivity index (χ0n) is 12.6. The van der Waals surface area contributed by atoms with Crippen LogP contribution in [-0.2, 0) is 0 Å². The van der Waals surface area contributed by atoms with Gasteiger partial charge in [0.05, 0.1) is 0 Å². The maximum atomic E-state index is 3.84. The molecule has 0 nitrogen and oxygen atoms in total. The van der Waals surface area contributed by atoms with Crippen molar-refractivity contribution < 1.29 is 0 Å². The molecule has 18 heavy (non-hydrogen) atoms. The Morgan fingerprint density at radius 2 is 1.06 bits per heavy atom. The molecule has 0 rings (SSSR count). The van der Waals surface area contributed by atoms with E-state index >= 15 is 0 Å². The van der Waals surface area contributed by atoms with Gasteiger partial charge in [0.2, 0.25) is 0 Å². The highest BCUT2D eigenvalue weighted by Crippen LogP contribution is 2.10. The second-order valence-electron chi connectivity index (χ2n) is 5.24. The lowest BCUT2D eigenvalue weighted by Crippen LogP contribution is -1.81. The second kappa shape index (κ2) is 16.6. The van der Waals surface area contributed by atoms with E-state index in [1.54, 1.807) is 0 Å². The lowest BCUT2D eigenvalue weighted by atomic mass is 10.1. The molecule has 0 fully saturated rings. The third-order valence-corrected chi connectivity index (χ3v) is 3.33. The van der Waals surface area contributed by atoms with Crippen molar-refractivity contribution in [2.24, 2.45) is 0 Å². The molecule has 0 unspecified atom stereocenters. The topological polar surface area (TPSA) is 0 Å². The fraction of sp³-hybridized carbons (Fsp3) is 0.833. The van der Waals surface area contributed by atoms with Crippen molar-refractivity contribution in [2.75, 3.05) is 0 Å². The van der Waals surface area contributed by atoms with Crippen LogP contribution in [0, 0.1) is 18.8 Å². The van der Waals surface area contributed by atoms with Crippen molar-refractivity contribution in [1.82, 2.24) is 0 Å². The molecule has 0 bridgehead atoms. The summed E-state index contributed by atoms with van der Waals surface area (Å²) in [6.45, 7) is 6.11. The number of hydrogen-bond acceptors (Lipinski definition) is 0. The first-order valence-electron chi connectivity index (χ1n) is 8.16. The fourth-order valence-corrected chi connectivity index (χ4v) is 2.09. The third kappa shape index (κ3) is 15.6. The van der Waals surface area contributed by atoms with Crippen LogP contribution in [0.4, 0.5) is 0 Å². The standard InChI is InChI=1S/C18H33/c1-3-5-7-9-11-13-15-17-18-16-14-12-10-8-6-4-2/h1,3-10,12,14-18H2,2H3. The van der Waals surface area contributed by atoms with Crippen LogP contribution in [0.25, 0.3) is 0 Å². The molecule has 1 radical (unpaired) electrons. The van der Waals surface area contributed by atoms with Crippen LogP contribution >= 0.6 is 0 Å². The van der Waals surface area contributed by atoms with Crippen molar-refractivity contribution in [3.05, 3.63) is 6.92 Å². The summed E-state index contributed by atoms with van der Waals surface area (Å²) in [5.74, 6) is 6.56. The van der Waals surface area contributed by atoms with E-state index in [9.17, 15) is 0 Å². The smallest absolute Gasteiger partial charge is 0.00886 e. The SMILES string of the molecule is [CH2]CCCCC#CCCCCCCCCCCC. The second-order valence-corrected chi connectivity index (χ2v) is 5.24. The Morgan fingerprint density at radius 1 is 0.611 bits per heavy atom. The van der Waals surface area contributed by atoms with Gasteiger partial charge in [-0.2, -0.15) is 0 Å². The summed E-state index contributed by atoms with van der Waals surface area (Å²) < 4.78 is 0. The summed E-state index contributed by atoms with van der Waals surface area (Å²) in [5, 5.41) is 0. The molecule has 105 valence electrons. The van der Waals surface area contributed by atoms with Gasteiger partial charge < -0.3 is 0 Å². The van der Waals surface area contributed by atoms with Crippen LogP contribution in [0.5, 0.6) is 0 Å². The lowest BCUT2D eigenvalue weighted by Gasteiger charge is -2.00. The lowest BCUT2D eigenvalue weighted by molar-refractivity contribution is 0.567. The number of rotatable bonds is 12. The molecule has 0 atom stereocenters. The first kappa shape index (κ1) is 17.6. The first-order valence-corrected chi connectivity index (χ1v) is 8.16. The summed E-state index contributed by atoms with van der Waals surface area (Å²) in [6, 6.07) is 0. The predicted molar refractivity (Wildman–Crippen MR) is 83.4 cm³/mol. The molecule has 0 aromatic carbocycles. The van der Waals surface area contributed by atoms with Gasteiger partial charge in [-0.3, -0.25) is 0 Å². The molecular formula is C18H33. The zero-order chi connectivity index (χ0) is 13.3. The van der Waals surface area contributed by atoms with Gasteiger partial charge >= 0.3 is 0 Å². The minimum atomic E-state index is 1.06. The summed E-state index contributed by atoms with van der Waals surface area (Å²) in [6.07, 6.45) is 18.3. The molecule has 0 heterocycles. The minimum Gasteiger partial charge on any atom is -0.103 e. The molecule has 0 amide bonds. The zero-order valence-corrected chi connectivity index (χ0v) is 12.6. The van der Waals surface area contributed by atoms with Crippen LogP contribution in [0.3, 0.4) is 0 Å². The van der Waals surface area contributed by atoms with Crippen molar-refractivity contribution >= 4 is 0 Å². The van der Waals surface area contributed by atoms with E-state index in [4.69, 9.17) is 0 Å². The molecular weight excluding hydrogens is 216 g/mol. The van der Waals surface area contributed by atoms with Crippen LogP contribution < -0.4 is 0 Å². The highest BCUT2D eigenvalue weighted by atomic mass is 14.0. The van der Waals surface area contributed by atoms with Gasteiger partial charge in [-0.1, -0.05) is 78.1 Å². The van der Waals surface area contributed by atoms with Gasteiger partial charge in [0.1, 0.15) is 0 Å². The van der Waals surface area contributed by atoms with Crippen molar-refractivity contribution in [1.29, 1.82) is 0 Å². The van der Waals surface area contributed by atoms with Crippen molar-refractivity contribution in [3.8, 4) is 11.8 Å². The summed E-state index contributed by atoms with van der Waals surface area (Å²) in [7, 11) is 0. The van der Waals surface area contributed by atoms with Crippen molar-refractivity contribution in [2.45, 2.75) is 96.8 Å². The third-order valence-electron chi connectivity index (χ3n) is 3.33. The summed E-state index contributed by atoms with van der Waals surface area (Å²) >= 11 is 0. The highest BCUT2D eigenvalue weighted by molar-refractivity contribution is 4.98. The average Bonchev–Trinajstić information content (AvgIpc) is 2.39. The monoisotopic (exact) mass is 249 g/mol. The van der Waals surface area contributed by atoms with E-state index in [2.05, 4.69) is 25.7 Å². The largest absolute Gasteiger partial charge is 0.103 e. The Kier molecular flexibility index (Phi) is 16.2. The Hall–Kier alpha value is -0.440. The molecule has 0 aromatic rings. The van der Waals surface area contributed by atoms with Gasteiger partial charge in [-0.25, -0.2) is 0 Å². The van der Waals surface area contributed by atoms with Gasteiger partial charge in [0, 0.05) is 12.8 Å². The molecule has 0 aliphatic heterocycles. The van der Waals surface area contributed by atoms with E-state index in [-0.39, 0.29) is 0 Å². The van der Waals surface area contributed by atoms with E-state index in [1.807, 2.05) is 0 Å². The van der Waals surface area contributed by atoms with Gasteiger partial charge in [0.25, 0.3) is 0 Å². The molecule has 0 aromatic heterocycles. The van der Waals surface area contributed by atoms with Gasteiger partial charge in [-0.05, 0) is 12.8 Å². The quantitative estimate of drug-likeness (QED) is 0.281. The van der Waals surface area contributed by atoms with E-state index < -0.39 is 0 Å². The van der Waals surface area contributed by atoms with Gasteiger partial charge in [-0.15, -0.1) is 11.8 Å². The van der Waals surface area contributed by atoms with E-state index in [0.29, 0.717) is 0 Å². The first-order chi connectivity index (χ1) is 8.91. The Morgan fingerprint density at radius 3 is 1.56 bits per heavy atom. The van der Waals surface area contributed by atoms with Crippen molar-refractivity contribution in [3.63, 3.8) is 0 Å². The summed E-state index contributed by atoms with van der Waals surface area (Å²) in [5.41, 5.74) is 0. The number of hydrogen-bond donors (Lipinski definition) is 0. The molecule has 0 saturated heterocycles. The van der Waals surface area contributed by atoms with Crippen LogP contribution in [0.1, 0.15) is 96.8 Å². The van der Waals surface area contributed by atoms with E-state index in [0.717, 1.165) is 19.3 Å². The van der Waals surface area contributed by atoms with E-state index in [1.165, 1.54) is 70.6 Å². The highest BCUT2D eigenvalue weighted by Gasteiger charge is 1.91. The molecule has 0 spiro atoms. The predicted octanol–water partition coefficient (Wildman–Crippen LogP) is 6.31. The molecule has 0 aliphatic carbocycles. The van der Waals surface area contributed by atoms with Crippen LogP contribution in [0.15, 0.2) is 0 Å². The Bertz CT molecular complexity index is 194. The van der Waals surface area contributed by atoms with Crippen LogP contribution in [0.2, 0.25) is 0 Å². The van der Waals surface area contributed by atoms with Gasteiger partial charge in [0.15, 0.2) is 0 Å². The average molecular weight is 249 g/mol. The molecule has 0 N–H and O–H groups in total. The number of unbranched alkanes of at least 4 members (excludes halogenated alkanes) is 12. The fourth-order valence-electron chi connectivity index (χ4n) is 2.09. The molecule has 0 saturated carbocycles.